The molecular formula is C16H24ClIN2. The summed E-state index contributed by atoms with van der Waals surface area (Å²) in [4.78, 5) is 4.98. The highest BCUT2D eigenvalue weighted by Crippen LogP contribution is 2.22. The molecule has 0 amide bonds. The zero-order chi connectivity index (χ0) is 14.0. The molecule has 1 heterocycles. The van der Waals surface area contributed by atoms with E-state index in [1.807, 2.05) is 6.07 Å². The number of hydrogen-bond acceptors (Lipinski definition) is 0. The molecule has 20 heavy (non-hydrogen) atoms. The van der Waals surface area contributed by atoms with E-state index in [9.17, 15) is 0 Å². The smallest absolute Gasteiger partial charge is 0.0819 e. The first-order valence-electron chi connectivity index (χ1n) is 7.10. The lowest BCUT2D eigenvalue weighted by atomic mass is 10.1. The molecule has 0 atom stereocenters. The summed E-state index contributed by atoms with van der Waals surface area (Å²) in [7, 11) is 0. The molecule has 0 radical (unpaired) electrons. The van der Waals surface area contributed by atoms with Crippen molar-refractivity contribution in [3.05, 3.63) is 35.0 Å². The quantitative estimate of drug-likeness (QED) is 0.656. The summed E-state index contributed by atoms with van der Waals surface area (Å²) in [5.74, 6) is 0. The number of nitrogens with one attached hydrogen (secondary N) is 2. The minimum atomic E-state index is 0. The number of aromatic nitrogens is 1. The lowest BCUT2D eigenvalue weighted by molar-refractivity contribution is -0.942. The van der Waals surface area contributed by atoms with Crippen LogP contribution in [0.25, 0.3) is 10.9 Å². The zero-order valence-electron chi connectivity index (χ0n) is 12.6. The molecule has 0 aliphatic rings. The van der Waals surface area contributed by atoms with Gasteiger partial charge in [-0.25, -0.2) is 0 Å². The number of hydrogen-bond donors (Lipinski definition) is 2. The van der Waals surface area contributed by atoms with Gasteiger partial charge in [0.15, 0.2) is 0 Å². The number of quaternary nitrogens is 1. The fourth-order valence-electron chi connectivity index (χ4n) is 2.88. The van der Waals surface area contributed by atoms with Crippen LogP contribution in [0, 0.1) is 0 Å². The third kappa shape index (κ3) is 4.12. The summed E-state index contributed by atoms with van der Waals surface area (Å²) in [5.41, 5.74) is 2.55. The lowest BCUT2D eigenvalue weighted by Crippen LogP contribution is -3.18. The molecule has 1 aromatic carbocycles. The van der Waals surface area contributed by atoms with Crippen LogP contribution in [0.4, 0.5) is 0 Å². The van der Waals surface area contributed by atoms with E-state index in [0.29, 0.717) is 12.1 Å². The second-order valence-corrected chi connectivity index (χ2v) is 6.32. The molecule has 0 aliphatic carbocycles. The van der Waals surface area contributed by atoms with E-state index in [1.54, 1.807) is 4.90 Å². The average Bonchev–Trinajstić information content (AvgIpc) is 2.71. The highest BCUT2D eigenvalue weighted by Gasteiger charge is 2.17. The highest BCUT2D eigenvalue weighted by atomic mass is 127. The van der Waals surface area contributed by atoms with E-state index in [-0.39, 0.29) is 24.0 Å². The van der Waals surface area contributed by atoms with Gasteiger partial charge in [-0.05, 0) is 51.5 Å². The largest absolute Gasteiger partial charge is 1.00 e. The van der Waals surface area contributed by atoms with Crippen LogP contribution in [0.3, 0.4) is 0 Å². The third-order valence-corrected chi connectivity index (χ3v) is 4.13. The molecule has 1 aromatic heterocycles. The number of H-pyrrole nitrogens is 1. The van der Waals surface area contributed by atoms with Gasteiger partial charge in [0.05, 0.1) is 18.6 Å². The number of halogens is 2. The Morgan fingerprint density at radius 2 is 1.80 bits per heavy atom. The van der Waals surface area contributed by atoms with Gasteiger partial charge in [0, 0.05) is 28.5 Å². The van der Waals surface area contributed by atoms with Gasteiger partial charge in [0.1, 0.15) is 0 Å². The molecule has 2 aromatic rings. The summed E-state index contributed by atoms with van der Waals surface area (Å²) in [6.07, 6.45) is 3.21. The van der Waals surface area contributed by atoms with Gasteiger partial charge >= 0.3 is 0 Å². The number of rotatable bonds is 5. The Bertz CT molecular complexity index is 540. The highest BCUT2D eigenvalue weighted by molar-refractivity contribution is 6.31. The van der Waals surface area contributed by atoms with Crippen molar-refractivity contribution in [2.24, 2.45) is 0 Å². The lowest BCUT2D eigenvalue weighted by Gasteiger charge is -2.27. The number of aromatic amines is 1. The van der Waals surface area contributed by atoms with Crippen LogP contribution in [0.15, 0.2) is 24.4 Å². The van der Waals surface area contributed by atoms with Crippen LogP contribution in [-0.2, 0) is 6.42 Å². The summed E-state index contributed by atoms with van der Waals surface area (Å²) in [6, 6.07) is 7.37. The average molecular weight is 407 g/mol. The molecule has 0 saturated carbocycles. The van der Waals surface area contributed by atoms with Crippen LogP contribution in [0.2, 0.25) is 5.02 Å². The number of fused-ring (bicyclic) bond motifs is 1. The summed E-state index contributed by atoms with van der Waals surface area (Å²) in [5, 5.41) is 2.07. The van der Waals surface area contributed by atoms with Gasteiger partial charge in [0.2, 0.25) is 0 Å². The third-order valence-electron chi connectivity index (χ3n) is 3.90. The van der Waals surface area contributed by atoms with Gasteiger partial charge in [0.25, 0.3) is 0 Å². The SMILES string of the molecule is CC(C)[NH+](CCc1c[nH]c2ccc(Cl)cc12)C(C)C.[I-]. The van der Waals surface area contributed by atoms with E-state index in [2.05, 4.69) is 51.0 Å². The molecule has 4 heteroatoms. The van der Waals surface area contributed by atoms with E-state index in [4.69, 9.17) is 11.6 Å². The fraction of sp³-hybridized carbons (Fsp3) is 0.500. The second kappa shape index (κ2) is 7.66. The van der Waals surface area contributed by atoms with E-state index < -0.39 is 0 Å². The van der Waals surface area contributed by atoms with Gasteiger partial charge in [-0.2, -0.15) is 0 Å². The minimum absolute atomic E-state index is 0. The second-order valence-electron chi connectivity index (χ2n) is 5.89. The van der Waals surface area contributed by atoms with Crippen molar-refractivity contribution in [2.45, 2.75) is 46.2 Å². The molecule has 112 valence electrons. The molecule has 2 nitrogen and oxygen atoms in total. The van der Waals surface area contributed by atoms with E-state index in [1.165, 1.54) is 16.5 Å². The summed E-state index contributed by atoms with van der Waals surface area (Å²) < 4.78 is 0. The Morgan fingerprint density at radius 3 is 2.40 bits per heavy atom. The first-order valence-corrected chi connectivity index (χ1v) is 7.48. The topological polar surface area (TPSA) is 20.2 Å². The first kappa shape index (κ1) is 17.8. The van der Waals surface area contributed by atoms with Gasteiger partial charge in [-0.15, -0.1) is 0 Å². The summed E-state index contributed by atoms with van der Waals surface area (Å²) in [6.45, 7) is 10.3. The Hall–Kier alpha value is -0.260. The maximum atomic E-state index is 6.09. The van der Waals surface area contributed by atoms with Gasteiger partial charge in [-0.1, -0.05) is 11.6 Å². The van der Waals surface area contributed by atoms with Crippen LogP contribution >= 0.6 is 11.6 Å². The zero-order valence-corrected chi connectivity index (χ0v) is 15.5. The Balaban J connectivity index is 0.00000200. The molecule has 0 unspecified atom stereocenters. The molecule has 0 aliphatic heterocycles. The van der Waals surface area contributed by atoms with Crippen LogP contribution in [0.5, 0.6) is 0 Å². The monoisotopic (exact) mass is 406 g/mol. The standard InChI is InChI=1S/C16H23ClN2.HI/c1-11(2)19(12(3)4)8-7-13-10-18-16-6-5-14(17)9-15(13)16;/h5-6,9-12,18H,7-8H2,1-4H3;1H. The predicted molar refractivity (Wildman–Crippen MR) is 83.1 cm³/mol. The Labute approximate surface area is 143 Å². The molecule has 0 saturated heterocycles. The Kier molecular flexibility index (Phi) is 6.82. The predicted octanol–water partition coefficient (Wildman–Crippen LogP) is 0.0695. The van der Waals surface area contributed by atoms with Crippen molar-refractivity contribution < 1.29 is 28.9 Å². The fourth-order valence-corrected chi connectivity index (χ4v) is 3.05. The summed E-state index contributed by atoms with van der Waals surface area (Å²) >= 11 is 6.09. The van der Waals surface area contributed by atoms with Crippen molar-refractivity contribution in [1.29, 1.82) is 0 Å². The van der Waals surface area contributed by atoms with Crippen LogP contribution in [-0.4, -0.2) is 23.6 Å². The van der Waals surface area contributed by atoms with Crippen LogP contribution in [0.1, 0.15) is 33.3 Å². The Morgan fingerprint density at radius 1 is 1.15 bits per heavy atom. The van der Waals surface area contributed by atoms with Gasteiger partial charge in [-0.3, -0.25) is 0 Å². The molecule has 2 N–H and O–H groups in total. The minimum Gasteiger partial charge on any atom is -1.00 e. The molecular weight excluding hydrogens is 383 g/mol. The molecule has 0 bridgehead atoms. The van der Waals surface area contributed by atoms with Crippen molar-refractivity contribution in [2.75, 3.05) is 6.54 Å². The van der Waals surface area contributed by atoms with Gasteiger partial charge < -0.3 is 33.9 Å². The van der Waals surface area contributed by atoms with E-state index in [0.717, 1.165) is 18.0 Å². The molecule has 2 rings (SSSR count). The molecule has 0 spiro atoms. The van der Waals surface area contributed by atoms with Crippen molar-refractivity contribution in [3.63, 3.8) is 0 Å². The maximum absolute atomic E-state index is 6.09. The van der Waals surface area contributed by atoms with Crippen molar-refractivity contribution in [1.82, 2.24) is 4.98 Å². The van der Waals surface area contributed by atoms with Crippen LogP contribution < -0.4 is 28.9 Å². The molecule has 0 fully saturated rings. The number of benzene rings is 1. The first-order chi connectivity index (χ1) is 8.99. The van der Waals surface area contributed by atoms with E-state index >= 15 is 0 Å². The van der Waals surface area contributed by atoms with Crippen molar-refractivity contribution >= 4 is 22.5 Å². The normalized spacial score (nSPS) is 11.6. The van der Waals surface area contributed by atoms with Crippen molar-refractivity contribution in [3.8, 4) is 0 Å². The maximum Gasteiger partial charge on any atom is 0.0819 e.